The van der Waals surface area contributed by atoms with Gasteiger partial charge in [0.05, 0.1) is 0 Å². The van der Waals surface area contributed by atoms with E-state index in [4.69, 9.17) is 10.5 Å². The summed E-state index contributed by atoms with van der Waals surface area (Å²) >= 11 is 0. The molecule has 2 aromatic carbocycles. The van der Waals surface area contributed by atoms with Gasteiger partial charge in [-0.15, -0.1) is 0 Å². The van der Waals surface area contributed by atoms with Crippen LogP contribution in [0.5, 0.6) is 0 Å². The Morgan fingerprint density at radius 2 is 1.64 bits per heavy atom. The molecule has 2 rings (SSSR count). The molecule has 4 N–H and O–H groups in total. The molecule has 0 aliphatic heterocycles. The van der Waals surface area contributed by atoms with Gasteiger partial charge in [0.2, 0.25) is 0 Å². The second kappa shape index (κ2) is 9.45. The zero-order valence-corrected chi connectivity index (χ0v) is 14.9. The van der Waals surface area contributed by atoms with E-state index in [9.17, 15) is 23.2 Å². The Bertz CT molecular complexity index is 841. The summed E-state index contributed by atoms with van der Waals surface area (Å²) in [7, 11) is 0. The molecule has 2 aromatic rings. The minimum Gasteiger partial charge on any atom is -0.451 e. The van der Waals surface area contributed by atoms with Gasteiger partial charge in [0, 0.05) is 6.42 Å². The standard InChI is InChI=1S/C19H19F2N3O4/c1-11(17(25)24-16-13(20)8-5-9-14(16)21)28-18(26)15(23-19(22)27)10-12-6-3-2-4-7-12/h2-9,11,15H,10H2,1H3,(H,24,25)(H3,22,23,27)/t11-,15+/m1/s1. The predicted octanol–water partition coefficient (Wildman–Crippen LogP) is 2.11. The van der Waals surface area contributed by atoms with E-state index in [0.717, 1.165) is 23.8 Å². The Kier molecular flexibility index (Phi) is 7.02. The summed E-state index contributed by atoms with van der Waals surface area (Å²) in [4.78, 5) is 35.7. The molecule has 0 bridgehead atoms. The first-order chi connectivity index (χ1) is 13.3. The summed E-state index contributed by atoms with van der Waals surface area (Å²) in [5, 5.41) is 4.29. The molecule has 3 amide bonds. The third-order valence-electron chi connectivity index (χ3n) is 3.76. The van der Waals surface area contributed by atoms with Gasteiger partial charge in [0.1, 0.15) is 23.4 Å². The first kappa shape index (κ1) is 20.8. The van der Waals surface area contributed by atoms with E-state index in [1.165, 1.54) is 6.92 Å². The average Bonchev–Trinajstić information content (AvgIpc) is 2.64. The number of carbonyl (C=O) groups excluding carboxylic acids is 3. The largest absolute Gasteiger partial charge is 0.451 e. The van der Waals surface area contributed by atoms with E-state index in [-0.39, 0.29) is 6.42 Å². The number of hydrogen-bond acceptors (Lipinski definition) is 4. The number of amides is 3. The van der Waals surface area contributed by atoms with E-state index >= 15 is 0 Å². The average molecular weight is 391 g/mol. The minimum atomic E-state index is -1.38. The quantitative estimate of drug-likeness (QED) is 0.628. The zero-order valence-electron chi connectivity index (χ0n) is 14.9. The SMILES string of the molecule is C[C@@H](OC(=O)[C@H](Cc1ccccc1)NC(N)=O)C(=O)Nc1c(F)cccc1F. The van der Waals surface area contributed by atoms with Gasteiger partial charge in [-0.05, 0) is 24.6 Å². The Balaban J connectivity index is 2.04. The van der Waals surface area contributed by atoms with Gasteiger partial charge in [-0.25, -0.2) is 18.4 Å². The molecule has 0 spiro atoms. The lowest BCUT2D eigenvalue weighted by molar-refractivity contribution is -0.155. The van der Waals surface area contributed by atoms with E-state index in [1.54, 1.807) is 30.3 Å². The van der Waals surface area contributed by atoms with Crippen molar-refractivity contribution in [1.29, 1.82) is 0 Å². The van der Waals surface area contributed by atoms with E-state index in [1.807, 2.05) is 5.32 Å². The van der Waals surface area contributed by atoms with Crippen LogP contribution in [0.2, 0.25) is 0 Å². The first-order valence-corrected chi connectivity index (χ1v) is 8.33. The highest BCUT2D eigenvalue weighted by molar-refractivity contribution is 5.95. The van der Waals surface area contributed by atoms with Gasteiger partial charge in [-0.3, -0.25) is 4.79 Å². The van der Waals surface area contributed by atoms with Crippen molar-refractivity contribution in [2.45, 2.75) is 25.5 Å². The molecule has 9 heteroatoms. The van der Waals surface area contributed by atoms with Crippen LogP contribution in [0.25, 0.3) is 0 Å². The molecule has 0 heterocycles. The lowest BCUT2D eigenvalue weighted by atomic mass is 10.1. The van der Waals surface area contributed by atoms with Crippen LogP contribution >= 0.6 is 0 Å². The number of ether oxygens (including phenoxy) is 1. The molecular formula is C19H19F2N3O4. The molecule has 148 valence electrons. The van der Waals surface area contributed by atoms with E-state index < -0.39 is 47.4 Å². The normalized spacial score (nSPS) is 12.5. The fourth-order valence-electron chi connectivity index (χ4n) is 2.37. The molecule has 0 aliphatic carbocycles. The molecule has 0 radical (unpaired) electrons. The fourth-order valence-corrected chi connectivity index (χ4v) is 2.37. The second-order valence-electron chi connectivity index (χ2n) is 5.92. The van der Waals surface area contributed by atoms with Crippen molar-refractivity contribution < 1.29 is 27.9 Å². The highest BCUT2D eigenvalue weighted by Gasteiger charge is 2.27. The third-order valence-corrected chi connectivity index (χ3v) is 3.76. The summed E-state index contributed by atoms with van der Waals surface area (Å²) in [6, 6.07) is 9.77. The number of esters is 1. The highest BCUT2D eigenvalue weighted by Crippen LogP contribution is 2.18. The Morgan fingerprint density at radius 3 is 2.21 bits per heavy atom. The van der Waals surface area contributed by atoms with Crippen molar-refractivity contribution in [1.82, 2.24) is 5.32 Å². The number of anilines is 1. The highest BCUT2D eigenvalue weighted by atomic mass is 19.1. The van der Waals surface area contributed by atoms with E-state index in [0.29, 0.717) is 0 Å². The lowest BCUT2D eigenvalue weighted by Crippen LogP contribution is -2.47. The second-order valence-corrected chi connectivity index (χ2v) is 5.92. The number of primary amides is 1. The van der Waals surface area contributed by atoms with Crippen LogP contribution < -0.4 is 16.4 Å². The number of urea groups is 1. The smallest absolute Gasteiger partial charge is 0.329 e. The summed E-state index contributed by atoms with van der Waals surface area (Å²) in [5.74, 6) is -3.79. The van der Waals surface area contributed by atoms with Crippen LogP contribution in [0.1, 0.15) is 12.5 Å². The maximum absolute atomic E-state index is 13.6. The summed E-state index contributed by atoms with van der Waals surface area (Å²) < 4.78 is 32.3. The van der Waals surface area contributed by atoms with Gasteiger partial charge in [0.25, 0.3) is 5.91 Å². The number of nitrogens with two attached hydrogens (primary N) is 1. The number of para-hydroxylation sites is 1. The third kappa shape index (κ3) is 5.76. The molecule has 0 fully saturated rings. The van der Waals surface area contributed by atoms with E-state index in [2.05, 4.69) is 5.32 Å². The monoisotopic (exact) mass is 391 g/mol. The number of halogens is 2. The van der Waals surface area contributed by atoms with Gasteiger partial charge in [0.15, 0.2) is 6.10 Å². The van der Waals surface area contributed by atoms with Crippen molar-refractivity contribution in [2.24, 2.45) is 5.73 Å². The lowest BCUT2D eigenvalue weighted by Gasteiger charge is -2.20. The van der Waals surface area contributed by atoms with Crippen LogP contribution in [0.15, 0.2) is 48.5 Å². The Hall–Kier alpha value is -3.49. The minimum absolute atomic E-state index is 0.0822. The molecule has 0 unspecified atom stereocenters. The van der Waals surface area contributed by atoms with Crippen LogP contribution in [-0.4, -0.2) is 30.1 Å². The number of hydrogen-bond donors (Lipinski definition) is 3. The number of nitrogens with one attached hydrogen (secondary N) is 2. The van der Waals surface area contributed by atoms with Crippen LogP contribution in [0, 0.1) is 11.6 Å². The molecule has 28 heavy (non-hydrogen) atoms. The van der Waals surface area contributed by atoms with Crippen LogP contribution in [-0.2, 0) is 20.7 Å². The summed E-state index contributed by atoms with van der Waals surface area (Å²) in [5.41, 5.74) is 5.17. The number of carbonyl (C=O) groups is 3. The maximum atomic E-state index is 13.6. The topological polar surface area (TPSA) is 111 Å². The molecular weight excluding hydrogens is 372 g/mol. The first-order valence-electron chi connectivity index (χ1n) is 8.33. The summed E-state index contributed by atoms with van der Waals surface area (Å²) in [6.45, 7) is 1.23. The van der Waals surface area contributed by atoms with Crippen molar-refractivity contribution in [3.8, 4) is 0 Å². The molecule has 2 atom stereocenters. The van der Waals surface area contributed by atoms with Crippen molar-refractivity contribution >= 4 is 23.6 Å². The predicted molar refractivity (Wildman–Crippen MR) is 97.2 cm³/mol. The molecule has 0 aliphatic rings. The van der Waals surface area contributed by atoms with Gasteiger partial charge in [-0.1, -0.05) is 36.4 Å². The van der Waals surface area contributed by atoms with Gasteiger partial charge in [-0.2, -0.15) is 0 Å². The molecule has 0 aromatic heterocycles. The van der Waals surface area contributed by atoms with Gasteiger partial charge >= 0.3 is 12.0 Å². The Morgan fingerprint density at radius 1 is 1.04 bits per heavy atom. The number of rotatable bonds is 7. The van der Waals surface area contributed by atoms with Crippen molar-refractivity contribution in [3.05, 3.63) is 65.7 Å². The Labute approximate surface area is 159 Å². The maximum Gasteiger partial charge on any atom is 0.329 e. The summed E-state index contributed by atoms with van der Waals surface area (Å²) in [6.07, 6.45) is -1.29. The number of benzene rings is 2. The fraction of sp³-hybridized carbons (Fsp3) is 0.211. The molecule has 0 saturated carbocycles. The van der Waals surface area contributed by atoms with Crippen molar-refractivity contribution in [2.75, 3.05) is 5.32 Å². The van der Waals surface area contributed by atoms with Crippen molar-refractivity contribution in [3.63, 3.8) is 0 Å². The zero-order chi connectivity index (χ0) is 20.7. The molecule has 0 saturated heterocycles. The molecule has 7 nitrogen and oxygen atoms in total. The van der Waals surface area contributed by atoms with Gasteiger partial charge < -0.3 is 21.1 Å². The van der Waals surface area contributed by atoms with Crippen LogP contribution in [0.3, 0.4) is 0 Å². The van der Waals surface area contributed by atoms with Crippen LogP contribution in [0.4, 0.5) is 19.3 Å².